The van der Waals surface area contributed by atoms with Crippen LogP contribution in [0.25, 0.3) is 0 Å². The maximum Gasteiger partial charge on any atom is 0.142 e. The Morgan fingerprint density at radius 3 is 2.95 bits per heavy atom. The topological polar surface area (TPSA) is 30.5 Å². The summed E-state index contributed by atoms with van der Waals surface area (Å²) in [4.78, 5) is 0. The Balaban J connectivity index is 1.70. The summed E-state index contributed by atoms with van der Waals surface area (Å²) in [6.07, 6.45) is 0. The first kappa shape index (κ1) is 14.2. The van der Waals surface area contributed by atoms with E-state index in [1.165, 1.54) is 12.1 Å². The van der Waals surface area contributed by atoms with Crippen molar-refractivity contribution in [1.29, 1.82) is 0 Å². The first-order valence-electron chi connectivity index (χ1n) is 6.68. The molecule has 3 rings (SSSR count). The van der Waals surface area contributed by atoms with Gasteiger partial charge >= 0.3 is 0 Å². The maximum absolute atomic E-state index is 13.4. The van der Waals surface area contributed by atoms with Gasteiger partial charge in [-0.25, -0.2) is 4.39 Å². The van der Waals surface area contributed by atoms with Crippen molar-refractivity contribution in [3.8, 4) is 11.5 Å². The molecule has 0 aromatic heterocycles. The lowest BCUT2D eigenvalue weighted by Crippen LogP contribution is -2.17. The highest BCUT2D eigenvalue weighted by Crippen LogP contribution is 2.35. The highest BCUT2D eigenvalue weighted by Gasteiger charge is 2.22. The number of nitrogens with one attached hydrogen (secondary N) is 1. The molecule has 1 atom stereocenters. The van der Waals surface area contributed by atoms with E-state index in [2.05, 4.69) is 5.32 Å². The third kappa shape index (κ3) is 2.96. The first-order valence-corrected chi connectivity index (χ1v) is 7.06. The highest BCUT2D eigenvalue weighted by atomic mass is 35.5. The van der Waals surface area contributed by atoms with Crippen LogP contribution in [-0.4, -0.2) is 13.7 Å². The van der Waals surface area contributed by atoms with Crippen LogP contribution in [0.1, 0.15) is 17.2 Å². The highest BCUT2D eigenvalue weighted by molar-refractivity contribution is 6.30. The van der Waals surface area contributed by atoms with E-state index in [1.807, 2.05) is 25.2 Å². The predicted octanol–water partition coefficient (Wildman–Crippen LogP) is 3.71. The Hall–Kier alpha value is -1.78. The van der Waals surface area contributed by atoms with Crippen LogP contribution in [0.15, 0.2) is 36.4 Å². The molecule has 1 N–H and O–H groups in total. The van der Waals surface area contributed by atoms with E-state index in [0.717, 1.165) is 16.9 Å². The minimum absolute atomic E-state index is 0.114. The van der Waals surface area contributed by atoms with Crippen LogP contribution >= 0.6 is 11.6 Å². The average Bonchev–Trinajstić information content (AvgIpc) is 2.90. The fourth-order valence-corrected chi connectivity index (χ4v) is 2.43. The summed E-state index contributed by atoms with van der Waals surface area (Å²) in [6.45, 7) is 0.903. The zero-order valence-electron chi connectivity index (χ0n) is 11.5. The van der Waals surface area contributed by atoms with Gasteiger partial charge in [-0.2, -0.15) is 0 Å². The van der Waals surface area contributed by atoms with Crippen LogP contribution in [0.5, 0.6) is 11.5 Å². The van der Waals surface area contributed by atoms with Crippen molar-refractivity contribution in [3.05, 3.63) is 58.4 Å². The summed E-state index contributed by atoms with van der Waals surface area (Å²) in [5.41, 5.74) is 1.86. The average molecular weight is 308 g/mol. The molecule has 0 fully saturated rings. The van der Waals surface area contributed by atoms with Gasteiger partial charge in [0.15, 0.2) is 0 Å². The molecule has 1 unspecified atom stereocenters. The number of halogens is 2. The minimum Gasteiger partial charge on any atom is -0.491 e. The van der Waals surface area contributed by atoms with E-state index in [0.29, 0.717) is 12.4 Å². The van der Waals surface area contributed by atoms with Crippen LogP contribution in [0.4, 0.5) is 4.39 Å². The second-order valence-electron chi connectivity index (χ2n) is 4.89. The van der Waals surface area contributed by atoms with Gasteiger partial charge in [-0.1, -0.05) is 17.7 Å². The molecule has 0 bridgehead atoms. The lowest BCUT2D eigenvalue weighted by molar-refractivity contribution is 0.298. The van der Waals surface area contributed by atoms with E-state index in [9.17, 15) is 4.39 Å². The lowest BCUT2D eigenvalue weighted by Gasteiger charge is -2.09. The molecular weight excluding hydrogens is 293 g/mol. The SMILES string of the molecule is CNC1COc2cc(OCc3ccc(Cl)c(F)c3)ccc21. The van der Waals surface area contributed by atoms with Crippen molar-refractivity contribution in [2.24, 2.45) is 0 Å². The molecule has 2 aromatic rings. The van der Waals surface area contributed by atoms with E-state index in [4.69, 9.17) is 21.1 Å². The van der Waals surface area contributed by atoms with Gasteiger partial charge in [0.2, 0.25) is 0 Å². The first-order chi connectivity index (χ1) is 10.2. The molecule has 3 nitrogen and oxygen atoms in total. The number of hydrogen-bond donors (Lipinski definition) is 1. The number of ether oxygens (including phenoxy) is 2. The Kier molecular flexibility index (Phi) is 3.99. The molecule has 0 amide bonds. The Morgan fingerprint density at radius 2 is 2.19 bits per heavy atom. The van der Waals surface area contributed by atoms with E-state index >= 15 is 0 Å². The molecule has 0 aliphatic carbocycles. The third-order valence-corrected chi connectivity index (χ3v) is 3.81. The van der Waals surface area contributed by atoms with Crippen LogP contribution in [0, 0.1) is 5.82 Å². The largest absolute Gasteiger partial charge is 0.491 e. The predicted molar refractivity (Wildman–Crippen MR) is 79.5 cm³/mol. The Labute approximate surface area is 127 Å². The number of hydrogen-bond acceptors (Lipinski definition) is 3. The van der Waals surface area contributed by atoms with Crippen LogP contribution < -0.4 is 14.8 Å². The fourth-order valence-electron chi connectivity index (χ4n) is 2.32. The van der Waals surface area contributed by atoms with Gasteiger partial charge in [-0.15, -0.1) is 0 Å². The Morgan fingerprint density at radius 1 is 1.33 bits per heavy atom. The monoisotopic (exact) mass is 307 g/mol. The molecule has 1 aliphatic heterocycles. The molecule has 0 saturated carbocycles. The molecule has 5 heteroatoms. The molecular formula is C16H15ClFNO2. The fraction of sp³-hybridized carbons (Fsp3) is 0.250. The molecule has 0 spiro atoms. The normalized spacial score (nSPS) is 16.4. The summed E-state index contributed by atoms with van der Waals surface area (Å²) >= 11 is 5.65. The van der Waals surface area contributed by atoms with Crippen LogP contribution in [0.2, 0.25) is 5.02 Å². The molecule has 21 heavy (non-hydrogen) atoms. The van der Waals surface area contributed by atoms with Gasteiger partial charge in [0.1, 0.15) is 30.5 Å². The summed E-state index contributed by atoms with van der Waals surface area (Å²) in [7, 11) is 1.91. The van der Waals surface area contributed by atoms with Gasteiger partial charge < -0.3 is 14.8 Å². The van der Waals surface area contributed by atoms with Gasteiger partial charge in [-0.3, -0.25) is 0 Å². The van der Waals surface area contributed by atoms with Gasteiger partial charge in [0.05, 0.1) is 11.1 Å². The van der Waals surface area contributed by atoms with Gasteiger partial charge in [0, 0.05) is 11.6 Å². The number of benzene rings is 2. The van der Waals surface area contributed by atoms with Crippen molar-refractivity contribution in [3.63, 3.8) is 0 Å². The standard InChI is InChI=1S/C16H15ClFNO2/c1-19-15-9-21-16-7-11(3-4-12(15)16)20-8-10-2-5-13(17)14(18)6-10/h2-7,15,19H,8-9H2,1H3. The van der Waals surface area contributed by atoms with E-state index in [-0.39, 0.29) is 17.7 Å². The molecule has 1 heterocycles. The van der Waals surface area contributed by atoms with Gasteiger partial charge in [0.25, 0.3) is 0 Å². The maximum atomic E-state index is 13.4. The summed E-state index contributed by atoms with van der Waals surface area (Å²) in [5, 5.41) is 3.30. The summed E-state index contributed by atoms with van der Waals surface area (Å²) in [6, 6.07) is 10.6. The van der Waals surface area contributed by atoms with Crippen molar-refractivity contribution in [2.45, 2.75) is 12.6 Å². The van der Waals surface area contributed by atoms with Crippen molar-refractivity contribution < 1.29 is 13.9 Å². The van der Waals surface area contributed by atoms with Crippen LogP contribution in [-0.2, 0) is 6.61 Å². The van der Waals surface area contributed by atoms with E-state index < -0.39 is 5.82 Å². The summed E-state index contributed by atoms with van der Waals surface area (Å²) in [5.74, 6) is 1.09. The molecule has 1 aliphatic rings. The van der Waals surface area contributed by atoms with E-state index in [1.54, 1.807) is 6.07 Å². The number of likely N-dealkylation sites (N-methyl/N-ethyl adjacent to an activating group) is 1. The smallest absolute Gasteiger partial charge is 0.142 e. The second-order valence-corrected chi connectivity index (χ2v) is 5.30. The zero-order valence-corrected chi connectivity index (χ0v) is 12.3. The van der Waals surface area contributed by atoms with Crippen molar-refractivity contribution in [2.75, 3.05) is 13.7 Å². The quantitative estimate of drug-likeness (QED) is 0.934. The summed E-state index contributed by atoms with van der Waals surface area (Å²) < 4.78 is 24.6. The molecule has 2 aromatic carbocycles. The minimum atomic E-state index is -0.438. The zero-order chi connectivity index (χ0) is 14.8. The molecule has 0 radical (unpaired) electrons. The number of rotatable bonds is 4. The van der Waals surface area contributed by atoms with Crippen molar-refractivity contribution >= 4 is 11.6 Å². The molecule has 0 saturated heterocycles. The number of fused-ring (bicyclic) bond motifs is 1. The second kappa shape index (κ2) is 5.92. The Bertz CT molecular complexity index is 663. The lowest BCUT2D eigenvalue weighted by atomic mass is 10.1. The van der Waals surface area contributed by atoms with Crippen molar-refractivity contribution in [1.82, 2.24) is 5.32 Å². The molecule has 110 valence electrons. The van der Waals surface area contributed by atoms with Crippen LogP contribution in [0.3, 0.4) is 0 Å². The third-order valence-electron chi connectivity index (χ3n) is 3.50. The van der Waals surface area contributed by atoms with Gasteiger partial charge in [-0.05, 0) is 36.9 Å².